The molecule has 0 atom stereocenters. The summed E-state index contributed by atoms with van der Waals surface area (Å²) >= 11 is 0. The second-order valence-electron chi connectivity index (χ2n) is 14.2. The number of hydrogen-bond acceptors (Lipinski definition) is 15. The first-order valence-corrected chi connectivity index (χ1v) is 24.3. The van der Waals surface area contributed by atoms with Crippen LogP contribution in [0.25, 0.3) is 43.1 Å². The van der Waals surface area contributed by atoms with Crippen LogP contribution in [0.3, 0.4) is 0 Å². The fourth-order valence-electron chi connectivity index (χ4n) is 7.11. The summed E-state index contributed by atoms with van der Waals surface area (Å²) in [6.45, 7) is 0. The predicted molar refractivity (Wildman–Crippen MR) is 242 cm³/mol. The molecule has 8 aromatic carbocycles. The van der Waals surface area contributed by atoms with Gasteiger partial charge in [0, 0.05) is 43.4 Å². The molecule has 8 rings (SSSR count). The molecule has 0 radical (unpaired) electrons. The van der Waals surface area contributed by atoms with E-state index < -0.39 is 77.5 Å². The van der Waals surface area contributed by atoms with Crippen LogP contribution >= 0.6 is 0 Å². The summed E-state index contributed by atoms with van der Waals surface area (Å²) in [7, 11) is -19.6. The van der Waals surface area contributed by atoms with Gasteiger partial charge in [-0.25, -0.2) is 4.79 Å². The van der Waals surface area contributed by atoms with E-state index in [0.717, 1.165) is 36.4 Å². The predicted octanol–water partition coefficient (Wildman–Crippen LogP) is 9.05. The highest BCUT2D eigenvalue weighted by atomic mass is 32.2. The molecular weight excluding hydrogens is 943 g/mol. The third-order valence-electron chi connectivity index (χ3n) is 10.0. The van der Waals surface area contributed by atoms with Crippen LogP contribution < -0.4 is 16.4 Å². The monoisotopic (exact) mass is 971 g/mol. The van der Waals surface area contributed by atoms with Crippen molar-refractivity contribution < 1.29 is 61.8 Å². The summed E-state index contributed by atoms with van der Waals surface area (Å²) in [5.41, 5.74) is 5.56. The lowest BCUT2D eigenvalue weighted by atomic mass is 10.1. The van der Waals surface area contributed by atoms with Crippen LogP contribution in [0, 0.1) is 0 Å². The van der Waals surface area contributed by atoms with Crippen LogP contribution in [0.1, 0.15) is 0 Å². The van der Waals surface area contributed by atoms with Crippen molar-refractivity contribution in [3.05, 3.63) is 121 Å². The number of nitrogen functional groups attached to an aromatic ring is 1. The summed E-state index contributed by atoms with van der Waals surface area (Å²) < 4.78 is 138. The Bertz CT molecular complexity index is 3940. The van der Waals surface area contributed by atoms with Crippen LogP contribution in [-0.2, 0) is 40.5 Å². The number of hydrogen-bond donors (Lipinski definition) is 8. The third-order valence-corrected chi connectivity index (χ3v) is 13.5. The molecule has 0 aliphatic rings. The van der Waals surface area contributed by atoms with Crippen molar-refractivity contribution in [3.8, 4) is 5.75 Å². The Hall–Kier alpha value is -7.49. The first-order valence-electron chi connectivity index (χ1n) is 18.5. The Morgan fingerprint density at radius 2 is 1.05 bits per heavy atom. The second-order valence-corrected chi connectivity index (χ2v) is 19.8. The van der Waals surface area contributed by atoms with E-state index in [2.05, 4.69) is 31.1 Å². The minimum Gasteiger partial charge on any atom is -0.505 e. The Morgan fingerprint density at radius 1 is 0.470 bits per heavy atom. The zero-order valence-electron chi connectivity index (χ0n) is 33.0. The van der Waals surface area contributed by atoms with Gasteiger partial charge in [-0.1, -0.05) is 42.5 Å². The number of azo groups is 2. The van der Waals surface area contributed by atoms with Crippen LogP contribution in [0.15, 0.2) is 161 Å². The fraction of sp³-hybridized carbons (Fsp3) is 0. The van der Waals surface area contributed by atoms with Gasteiger partial charge in [-0.2, -0.15) is 38.8 Å². The van der Waals surface area contributed by atoms with Crippen molar-refractivity contribution in [2.24, 2.45) is 20.5 Å². The van der Waals surface area contributed by atoms with Gasteiger partial charge in [-0.3, -0.25) is 18.2 Å². The minimum atomic E-state index is -5.01. The Labute approximate surface area is 372 Å². The van der Waals surface area contributed by atoms with Crippen molar-refractivity contribution in [3.63, 3.8) is 0 Å². The number of amides is 2. The van der Waals surface area contributed by atoms with E-state index in [1.165, 1.54) is 60.7 Å². The van der Waals surface area contributed by atoms with Crippen molar-refractivity contribution in [1.29, 1.82) is 0 Å². The third kappa shape index (κ3) is 8.95. The summed E-state index contributed by atoms with van der Waals surface area (Å²) in [6, 6.07) is 25.4. The number of urea groups is 1. The number of carbonyl (C=O) groups excluding carboxylic acids is 1. The quantitative estimate of drug-likeness (QED) is 0.0360. The molecule has 2 amide bonds. The van der Waals surface area contributed by atoms with E-state index in [9.17, 15) is 61.8 Å². The van der Waals surface area contributed by atoms with E-state index in [1.807, 2.05) is 0 Å². The Morgan fingerprint density at radius 3 is 1.68 bits per heavy atom. The molecule has 66 heavy (non-hydrogen) atoms. The molecule has 0 aromatic heterocycles. The standard InChI is InChI=1S/C41H29N7O14S4/c42-22-8-10-25-21(16-22)17-38(66(60,61)62)39(40(25)49)48-47-35-15-13-33(28-11-9-24(20-30(28)35)63(51,52)53)44-41(50)43-32-12-14-34(27-5-2-1-4-26(27)32)46-45-23-18-31-29(37(19-23)65(57,58)59)6-3-7-36(31)64(54,55)56/h1-20,49H,42H2,(H2,43,44,50)(H,51,52,53)(H,54,55,56)(H,57,58,59)(H,60,61,62). The molecular formula is C41H29N7O14S4. The van der Waals surface area contributed by atoms with Gasteiger partial charge in [0.2, 0.25) is 0 Å². The smallest absolute Gasteiger partial charge is 0.323 e. The van der Waals surface area contributed by atoms with Crippen LogP contribution in [0.4, 0.5) is 44.6 Å². The van der Waals surface area contributed by atoms with Gasteiger partial charge in [0.25, 0.3) is 40.5 Å². The molecule has 0 aliphatic heterocycles. The topological polar surface area (TPSA) is 354 Å². The first-order chi connectivity index (χ1) is 31.0. The van der Waals surface area contributed by atoms with Crippen molar-refractivity contribution in [1.82, 2.24) is 0 Å². The number of phenolic OH excluding ortho intramolecular Hbond substituents is 1. The molecule has 9 N–H and O–H groups in total. The van der Waals surface area contributed by atoms with E-state index >= 15 is 0 Å². The molecule has 0 saturated carbocycles. The summed E-state index contributed by atoms with van der Waals surface area (Å²) in [5, 5.41) is 33.5. The largest absolute Gasteiger partial charge is 0.505 e. The van der Waals surface area contributed by atoms with Crippen molar-refractivity contribution in [2.75, 3.05) is 16.4 Å². The lowest BCUT2D eigenvalue weighted by molar-refractivity contribution is 0.262. The zero-order valence-corrected chi connectivity index (χ0v) is 36.2. The van der Waals surface area contributed by atoms with Gasteiger partial charge >= 0.3 is 6.03 Å². The van der Waals surface area contributed by atoms with Gasteiger partial charge in [0.15, 0.2) is 5.75 Å². The highest BCUT2D eigenvalue weighted by molar-refractivity contribution is 7.87. The SMILES string of the molecule is Nc1ccc2c(O)c(N=Nc3ccc(NC(=O)Nc4ccc(N=Nc5cc(S(=O)(=O)O)c6cccc(S(=O)(=O)O)c6c5)c5ccccc45)c4ccc(S(=O)(=O)O)cc34)c(S(=O)(=O)O)cc2c1. The number of nitrogens with one attached hydrogen (secondary N) is 2. The maximum atomic E-state index is 13.6. The van der Waals surface area contributed by atoms with Crippen molar-refractivity contribution in [2.45, 2.75) is 19.6 Å². The highest BCUT2D eigenvalue weighted by Crippen LogP contribution is 2.43. The molecule has 0 unspecified atom stereocenters. The fourth-order valence-corrected chi connectivity index (χ4v) is 9.70. The average Bonchev–Trinajstić information content (AvgIpc) is 3.24. The van der Waals surface area contributed by atoms with Gasteiger partial charge < -0.3 is 21.5 Å². The Balaban J connectivity index is 1.13. The molecule has 0 bridgehead atoms. The van der Waals surface area contributed by atoms with E-state index in [4.69, 9.17) is 5.73 Å². The normalized spacial score (nSPS) is 12.8. The number of fused-ring (bicyclic) bond motifs is 4. The maximum Gasteiger partial charge on any atom is 0.323 e. The number of nitrogens with zero attached hydrogens (tertiary/aromatic N) is 4. The molecule has 0 aliphatic carbocycles. The van der Waals surface area contributed by atoms with Gasteiger partial charge in [-0.05, 0) is 84.2 Å². The number of anilines is 3. The summed E-state index contributed by atoms with van der Waals surface area (Å²) in [5.74, 6) is -0.679. The van der Waals surface area contributed by atoms with Crippen LogP contribution in [0.5, 0.6) is 5.75 Å². The second kappa shape index (κ2) is 16.5. The lowest BCUT2D eigenvalue weighted by Crippen LogP contribution is -2.19. The number of rotatable bonds is 10. The number of aromatic hydroxyl groups is 1. The Kier molecular flexibility index (Phi) is 11.3. The molecule has 8 aromatic rings. The van der Waals surface area contributed by atoms with Crippen molar-refractivity contribution >= 4 is 129 Å². The maximum absolute atomic E-state index is 13.6. The number of benzene rings is 8. The molecule has 21 nitrogen and oxygen atoms in total. The van der Waals surface area contributed by atoms with E-state index in [-0.39, 0.29) is 66.4 Å². The number of phenols is 1. The summed E-state index contributed by atoms with van der Waals surface area (Å²) in [6.07, 6.45) is 0. The van der Waals surface area contributed by atoms with Gasteiger partial charge in [0.05, 0.1) is 33.3 Å². The van der Waals surface area contributed by atoms with Gasteiger partial charge in [-0.15, -0.1) is 15.3 Å². The molecule has 25 heteroatoms. The van der Waals surface area contributed by atoms with Gasteiger partial charge in [0.1, 0.15) is 20.4 Å². The summed E-state index contributed by atoms with van der Waals surface area (Å²) in [4.78, 5) is 10.9. The highest BCUT2D eigenvalue weighted by Gasteiger charge is 2.24. The lowest BCUT2D eigenvalue weighted by Gasteiger charge is -2.14. The van der Waals surface area contributed by atoms with E-state index in [1.54, 1.807) is 24.3 Å². The van der Waals surface area contributed by atoms with Crippen LogP contribution in [0.2, 0.25) is 0 Å². The molecule has 0 fully saturated rings. The molecule has 0 spiro atoms. The van der Waals surface area contributed by atoms with Crippen LogP contribution in [-0.4, -0.2) is 63.0 Å². The minimum absolute atomic E-state index is 0.0300. The average molecular weight is 972 g/mol. The molecule has 0 saturated heterocycles. The first kappa shape index (κ1) is 45.1. The number of carbonyl (C=O) groups is 1. The van der Waals surface area contributed by atoms with E-state index in [0.29, 0.717) is 10.8 Å². The zero-order chi connectivity index (χ0) is 47.5. The molecule has 0 heterocycles. The molecule has 336 valence electrons. The number of nitrogens with two attached hydrogens (primary N) is 1.